The molecule has 2 saturated heterocycles. The van der Waals surface area contributed by atoms with Gasteiger partial charge in [-0.05, 0) is 73.7 Å². The summed E-state index contributed by atoms with van der Waals surface area (Å²) in [4.78, 5) is 19.4. The van der Waals surface area contributed by atoms with Crippen molar-refractivity contribution in [3.63, 3.8) is 0 Å². The number of rotatable bonds is 5. The monoisotopic (exact) mass is 818 g/mol. The number of nitrogens with zero attached hydrogens (tertiary/aromatic N) is 3. The Labute approximate surface area is 346 Å². The van der Waals surface area contributed by atoms with Gasteiger partial charge in [-0.2, -0.15) is 5.26 Å². The highest BCUT2D eigenvalue weighted by Gasteiger charge is 2.61. The van der Waals surface area contributed by atoms with Crippen molar-refractivity contribution < 1.29 is 43.4 Å². The smallest absolute Gasteiger partial charge is 0.331 e. The van der Waals surface area contributed by atoms with Crippen molar-refractivity contribution in [1.82, 2.24) is 15.1 Å². The predicted octanol–water partition coefficient (Wildman–Crippen LogP) is 5.64. The molecule has 14 heteroatoms. The molecule has 11 rings (SSSR count). The van der Waals surface area contributed by atoms with Crippen LogP contribution in [0.5, 0.6) is 40.2 Å². The van der Waals surface area contributed by atoms with Crippen LogP contribution in [0.3, 0.4) is 0 Å². The number of aryl methyl sites for hydroxylation is 1. The summed E-state index contributed by atoms with van der Waals surface area (Å²) in [5.41, 5.74) is 6.21. The maximum absolute atomic E-state index is 14.9. The molecule has 7 heterocycles. The maximum atomic E-state index is 14.9. The Hall–Kier alpha value is -5.33. The number of nitriles is 1. The maximum Gasteiger partial charge on any atom is 0.331 e. The van der Waals surface area contributed by atoms with Gasteiger partial charge in [0, 0.05) is 46.6 Å². The third-order valence-electron chi connectivity index (χ3n) is 13.4. The molecule has 0 radical (unpaired) electrons. The van der Waals surface area contributed by atoms with Crippen LogP contribution >= 0.6 is 11.8 Å². The second-order valence-corrected chi connectivity index (χ2v) is 17.4. The normalized spacial score (nSPS) is 27.8. The molecule has 1 unspecified atom stereocenters. The van der Waals surface area contributed by atoms with E-state index in [1.807, 2.05) is 51.2 Å². The number of likely N-dealkylation sites (N-methyl/N-ethyl adjacent to an activating group) is 1. The molecule has 3 N–H and O–H groups in total. The minimum atomic E-state index is -1.32. The first kappa shape index (κ1) is 37.9. The fraction of sp³-hybridized carbons (Fsp3) is 0.422. The SMILES string of the molecule is COc1cc2c(cc1O)CCN[C@]21CS[C@@H]2c3c(OCc4ccccc4)c(C)c4c(c3[C@H](COC1=O)N1C2[C@H]2c3c(cc(C)c(OC)c3O)C[C@@H]([C@@H]1C#N)N2C)OCO4. The van der Waals surface area contributed by atoms with Gasteiger partial charge in [0.05, 0.1) is 37.6 Å². The lowest BCUT2D eigenvalue weighted by molar-refractivity contribution is -0.157. The number of hydrogen-bond acceptors (Lipinski definition) is 14. The number of thioether (sulfide) groups is 1. The molecule has 306 valence electrons. The molecule has 4 aromatic rings. The number of esters is 1. The largest absolute Gasteiger partial charge is 0.504 e. The van der Waals surface area contributed by atoms with E-state index < -0.39 is 40.9 Å². The molecule has 0 amide bonds. The quantitative estimate of drug-likeness (QED) is 0.213. The lowest BCUT2D eigenvalue weighted by Crippen LogP contribution is -2.69. The van der Waals surface area contributed by atoms with Gasteiger partial charge in [-0.1, -0.05) is 36.4 Å². The zero-order valence-electron chi connectivity index (χ0n) is 33.5. The van der Waals surface area contributed by atoms with Crippen molar-refractivity contribution in [2.75, 3.05) is 47.0 Å². The van der Waals surface area contributed by atoms with Gasteiger partial charge in [-0.25, -0.2) is 4.79 Å². The van der Waals surface area contributed by atoms with Gasteiger partial charge < -0.3 is 38.6 Å². The number of nitrogens with one attached hydrogen (secondary N) is 1. The van der Waals surface area contributed by atoms with Gasteiger partial charge in [-0.15, -0.1) is 11.8 Å². The summed E-state index contributed by atoms with van der Waals surface area (Å²) in [7, 11) is 5.10. The molecule has 7 atom stereocenters. The number of carbonyl (C=O) groups excluding carboxylic acids is 1. The third-order valence-corrected chi connectivity index (χ3v) is 14.9. The van der Waals surface area contributed by atoms with E-state index in [2.05, 4.69) is 27.3 Å². The van der Waals surface area contributed by atoms with E-state index in [1.54, 1.807) is 31.0 Å². The second-order valence-electron chi connectivity index (χ2n) is 16.3. The first-order valence-corrected chi connectivity index (χ1v) is 21.0. The number of carbonyl (C=O) groups is 1. The van der Waals surface area contributed by atoms with Crippen molar-refractivity contribution in [3.05, 3.63) is 98.6 Å². The molecule has 0 aromatic heterocycles. The summed E-state index contributed by atoms with van der Waals surface area (Å²) in [5, 5.41) is 37.4. The van der Waals surface area contributed by atoms with Crippen molar-refractivity contribution >= 4 is 17.7 Å². The van der Waals surface area contributed by atoms with Crippen LogP contribution in [0, 0.1) is 25.2 Å². The van der Waals surface area contributed by atoms with E-state index in [0.717, 1.165) is 44.5 Å². The minimum absolute atomic E-state index is 0.00310. The molecular weight excluding hydrogens is 773 g/mol. The number of hydrogen-bond donors (Lipinski definition) is 3. The van der Waals surface area contributed by atoms with Crippen LogP contribution in [-0.2, 0) is 34.5 Å². The van der Waals surface area contributed by atoms with E-state index in [1.165, 1.54) is 7.11 Å². The van der Waals surface area contributed by atoms with Crippen LogP contribution in [0.4, 0.5) is 0 Å². The van der Waals surface area contributed by atoms with Gasteiger partial charge in [0.25, 0.3) is 0 Å². The van der Waals surface area contributed by atoms with Gasteiger partial charge >= 0.3 is 5.97 Å². The standard InChI is InChI=1S/C45H46N4O9S/c1-22-13-26-14-28-29(17-46)49-30-19-56-44(52)45(27-16-32(53-4)31(50)15-25(27)11-12-47-45)20-59-43(37(49)36(48(28)3)33(26)38(51)39(22)54-5)35-34(30)42-41(57-21-58-42)23(2)40(35)55-18-24-9-7-6-8-10-24/h6-10,13,15-16,28-30,36-37,43,47,50-51H,11-12,14,18-21H2,1-5H3/t28-,29-,30-,36+,37?,43+,45+/m0/s1. The Kier molecular flexibility index (Phi) is 9.09. The average Bonchev–Trinajstić information content (AvgIpc) is 3.73. The molecular formula is C45H46N4O9S. The lowest BCUT2D eigenvalue weighted by Gasteiger charge is -2.62. The van der Waals surface area contributed by atoms with Crippen LogP contribution in [0.1, 0.15) is 67.4 Å². The summed E-state index contributed by atoms with van der Waals surface area (Å²) in [6, 6.07) is 15.8. The summed E-state index contributed by atoms with van der Waals surface area (Å²) in [6.07, 6.45) is 1.11. The predicted molar refractivity (Wildman–Crippen MR) is 217 cm³/mol. The topological polar surface area (TPSA) is 155 Å². The Morgan fingerprint density at radius 2 is 1.80 bits per heavy atom. The van der Waals surface area contributed by atoms with Crippen LogP contribution < -0.4 is 29.0 Å². The third kappa shape index (κ3) is 5.44. The summed E-state index contributed by atoms with van der Waals surface area (Å²) < 4.78 is 37.5. The fourth-order valence-electron chi connectivity index (χ4n) is 10.8. The highest BCUT2D eigenvalue weighted by atomic mass is 32.2. The molecule has 4 bridgehead atoms. The van der Waals surface area contributed by atoms with E-state index >= 15 is 0 Å². The van der Waals surface area contributed by atoms with Gasteiger partial charge in [0.2, 0.25) is 6.79 Å². The number of phenolic OH excluding ortho intramolecular Hbond substituents is 2. The van der Waals surface area contributed by atoms with Crippen molar-refractivity contribution in [3.8, 4) is 46.3 Å². The molecule has 13 nitrogen and oxygen atoms in total. The Balaban J connectivity index is 1.24. The fourth-order valence-corrected chi connectivity index (χ4v) is 12.5. The van der Waals surface area contributed by atoms with Gasteiger partial charge in [0.1, 0.15) is 25.0 Å². The summed E-state index contributed by atoms with van der Waals surface area (Å²) >= 11 is 1.59. The van der Waals surface area contributed by atoms with Crippen LogP contribution in [-0.4, -0.2) is 91.1 Å². The zero-order valence-corrected chi connectivity index (χ0v) is 34.4. The van der Waals surface area contributed by atoms with Crippen molar-refractivity contribution in [2.45, 2.75) is 74.3 Å². The van der Waals surface area contributed by atoms with Gasteiger partial charge in [-0.3, -0.25) is 15.1 Å². The number of benzene rings is 4. The molecule has 4 aromatic carbocycles. The molecule has 7 aliphatic heterocycles. The lowest BCUT2D eigenvalue weighted by atomic mass is 9.71. The second kappa shape index (κ2) is 14.2. The van der Waals surface area contributed by atoms with E-state index in [9.17, 15) is 20.3 Å². The molecule has 2 fully saturated rings. The highest BCUT2D eigenvalue weighted by molar-refractivity contribution is 7.99. The van der Waals surface area contributed by atoms with E-state index in [0.29, 0.717) is 47.9 Å². The molecule has 7 aliphatic rings. The van der Waals surface area contributed by atoms with Gasteiger partial charge in [0.15, 0.2) is 40.0 Å². The zero-order chi connectivity index (χ0) is 40.9. The summed E-state index contributed by atoms with van der Waals surface area (Å²) in [5.74, 6) is 2.31. The molecule has 0 aliphatic carbocycles. The van der Waals surface area contributed by atoms with Crippen LogP contribution in [0.15, 0.2) is 48.5 Å². The first-order valence-electron chi connectivity index (χ1n) is 20.0. The number of fused-ring (bicyclic) bond motifs is 9. The Morgan fingerprint density at radius 1 is 1.00 bits per heavy atom. The number of methoxy groups -OCH3 is 2. The summed E-state index contributed by atoms with van der Waals surface area (Å²) in [6.45, 7) is 4.57. The molecule has 0 saturated carbocycles. The minimum Gasteiger partial charge on any atom is -0.504 e. The Bertz CT molecular complexity index is 2440. The van der Waals surface area contributed by atoms with E-state index in [-0.39, 0.29) is 49.0 Å². The number of aromatic hydroxyl groups is 2. The number of piperazine rings is 1. The average molecular weight is 819 g/mol. The first-order chi connectivity index (χ1) is 28.6. The van der Waals surface area contributed by atoms with Crippen LogP contribution in [0.2, 0.25) is 0 Å². The Morgan fingerprint density at radius 3 is 2.56 bits per heavy atom. The highest BCUT2D eigenvalue weighted by Crippen LogP contribution is 2.64. The molecule has 1 spiro atoms. The van der Waals surface area contributed by atoms with E-state index in [4.69, 9.17) is 28.4 Å². The van der Waals surface area contributed by atoms with Crippen LogP contribution in [0.25, 0.3) is 0 Å². The van der Waals surface area contributed by atoms with Crippen molar-refractivity contribution in [2.24, 2.45) is 0 Å². The number of phenols is 2. The number of ether oxygens (including phenoxy) is 6. The molecule has 59 heavy (non-hydrogen) atoms. The van der Waals surface area contributed by atoms with Crippen molar-refractivity contribution in [1.29, 1.82) is 5.26 Å².